The van der Waals surface area contributed by atoms with Crippen molar-refractivity contribution in [1.82, 2.24) is 9.80 Å². The molecule has 1 aliphatic heterocycles. The third kappa shape index (κ3) is 5.93. The molecule has 0 bridgehead atoms. The van der Waals surface area contributed by atoms with Crippen molar-refractivity contribution >= 4 is 23.3 Å². The fraction of sp³-hybridized carbons (Fsp3) is 0.296. The zero-order chi connectivity index (χ0) is 21.5. The molecular formula is C27H30N2OS. The van der Waals surface area contributed by atoms with Gasteiger partial charge in [0, 0.05) is 36.6 Å². The Morgan fingerprint density at radius 1 is 1.03 bits per heavy atom. The summed E-state index contributed by atoms with van der Waals surface area (Å²) in [6, 6.07) is 23.1. The van der Waals surface area contributed by atoms with E-state index in [1.165, 1.54) is 16.0 Å². The van der Waals surface area contributed by atoms with E-state index in [0.29, 0.717) is 6.54 Å². The first-order valence-corrected chi connectivity index (χ1v) is 11.9. The van der Waals surface area contributed by atoms with Crippen LogP contribution in [0, 0.1) is 6.92 Å². The van der Waals surface area contributed by atoms with Crippen LogP contribution in [0.4, 0.5) is 0 Å². The van der Waals surface area contributed by atoms with Crippen molar-refractivity contribution in [3.05, 3.63) is 99.8 Å². The molecule has 1 saturated heterocycles. The molecule has 4 rings (SSSR count). The van der Waals surface area contributed by atoms with Crippen molar-refractivity contribution in [2.75, 3.05) is 13.1 Å². The largest absolute Gasteiger partial charge is 0.331 e. The molecule has 0 atom stereocenters. The summed E-state index contributed by atoms with van der Waals surface area (Å²) in [4.78, 5) is 19.1. The van der Waals surface area contributed by atoms with Crippen LogP contribution in [-0.2, 0) is 17.9 Å². The molecule has 31 heavy (non-hydrogen) atoms. The molecule has 1 aromatic heterocycles. The maximum absolute atomic E-state index is 13.3. The zero-order valence-corrected chi connectivity index (χ0v) is 18.9. The number of carbonyl (C=O) groups is 1. The van der Waals surface area contributed by atoms with E-state index in [1.807, 2.05) is 36.4 Å². The molecule has 0 unspecified atom stereocenters. The van der Waals surface area contributed by atoms with E-state index >= 15 is 0 Å². The Bertz CT molecular complexity index is 988. The van der Waals surface area contributed by atoms with Gasteiger partial charge in [-0.3, -0.25) is 9.69 Å². The lowest BCUT2D eigenvalue weighted by Crippen LogP contribution is -2.46. The van der Waals surface area contributed by atoms with Crippen molar-refractivity contribution < 1.29 is 4.79 Å². The number of likely N-dealkylation sites (tertiary alicyclic amines) is 1. The summed E-state index contributed by atoms with van der Waals surface area (Å²) in [6.07, 6.45) is 5.71. The van der Waals surface area contributed by atoms with Crippen molar-refractivity contribution in [3.63, 3.8) is 0 Å². The van der Waals surface area contributed by atoms with Gasteiger partial charge >= 0.3 is 0 Å². The molecule has 3 aromatic rings. The number of hydrogen-bond acceptors (Lipinski definition) is 3. The van der Waals surface area contributed by atoms with Gasteiger partial charge in [0.2, 0.25) is 5.91 Å². The molecular weight excluding hydrogens is 400 g/mol. The number of thiophene rings is 1. The third-order valence-corrected chi connectivity index (χ3v) is 7.04. The normalized spacial score (nSPS) is 15.4. The summed E-state index contributed by atoms with van der Waals surface area (Å²) >= 11 is 1.75. The van der Waals surface area contributed by atoms with Gasteiger partial charge in [0.15, 0.2) is 0 Å². The number of piperidine rings is 1. The molecule has 1 aliphatic rings. The molecule has 2 heterocycles. The predicted molar refractivity (Wildman–Crippen MR) is 130 cm³/mol. The Labute approximate surface area is 189 Å². The van der Waals surface area contributed by atoms with Gasteiger partial charge in [-0.05, 0) is 54.0 Å². The highest BCUT2D eigenvalue weighted by Gasteiger charge is 2.27. The van der Waals surface area contributed by atoms with E-state index in [9.17, 15) is 4.79 Å². The molecule has 4 heteroatoms. The number of carbonyl (C=O) groups excluding carboxylic acids is 1. The average Bonchev–Trinajstić information content (AvgIpc) is 3.22. The highest BCUT2D eigenvalue weighted by molar-refractivity contribution is 7.10. The summed E-state index contributed by atoms with van der Waals surface area (Å²) in [5.41, 5.74) is 3.69. The number of aryl methyl sites for hydroxylation is 1. The van der Waals surface area contributed by atoms with Gasteiger partial charge in [-0.15, -0.1) is 11.3 Å². The lowest BCUT2D eigenvalue weighted by molar-refractivity contribution is -0.129. The second kappa shape index (κ2) is 10.6. The van der Waals surface area contributed by atoms with Gasteiger partial charge in [0.1, 0.15) is 0 Å². The van der Waals surface area contributed by atoms with Crippen molar-refractivity contribution in [2.45, 2.75) is 38.9 Å². The molecule has 0 N–H and O–H groups in total. The highest BCUT2D eigenvalue weighted by atomic mass is 32.1. The van der Waals surface area contributed by atoms with Crippen LogP contribution in [0.15, 0.2) is 78.2 Å². The summed E-state index contributed by atoms with van der Waals surface area (Å²) < 4.78 is 0. The number of rotatable bonds is 7. The minimum Gasteiger partial charge on any atom is -0.331 e. The van der Waals surface area contributed by atoms with E-state index in [0.717, 1.165) is 38.0 Å². The summed E-state index contributed by atoms with van der Waals surface area (Å²) in [5, 5.41) is 2.12. The van der Waals surface area contributed by atoms with Gasteiger partial charge in [0.25, 0.3) is 0 Å². The Hall–Kier alpha value is -2.69. The third-order valence-electron chi connectivity index (χ3n) is 6.03. The van der Waals surface area contributed by atoms with Gasteiger partial charge in [-0.1, -0.05) is 60.7 Å². The van der Waals surface area contributed by atoms with Crippen LogP contribution in [0.25, 0.3) is 6.08 Å². The van der Waals surface area contributed by atoms with Crippen molar-refractivity contribution in [1.29, 1.82) is 0 Å². The van der Waals surface area contributed by atoms with Gasteiger partial charge in [-0.2, -0.15) is 0 Å². The van der Waals surface area contributed by atoms with E-state index in [2.05, 4.69) is 58.5 Å². The maximum Gasteiger partial charge on any atom is 0.247 e. The highest BCUT2D eigenvalue weighted by Crippen LogP contribution is 2.24. The first-order valence-electron chi connectivity index (χ1n) is 11.0. The number of amides is 1. The molecule has 0 saturated carbocycles. The number of hydrogen-bond donors (Lipinski definition) is 0. The number of benzene rings is 2. The van der Waals surface area contributed by atoms with Crippen LogP contribution < -0.4 is 0 Å². The van der Waals surface area contributed by atoms with Crippen LogP contribution in [0.5, 0.6) is 0 Å². The van der Waals surface area contributed by atoms with Crippen LogP contribution in [0.1, 0.15) is 34.4 Å². The summed E-state index contributed by atoms with van der Waals surface area (Å²) in [5.74, 6) is 0.109. The SMILES string of the molecule is Cc1ccsc1CN(C(=O)/C=C/c1ccccc1)C1CCN(Cc2ccccc2)CC1. The minimum absolute atomic E-state index is 0.109. The van der Waals surface area contributed by atoms with Gasteiger partial charge in [0.05, 0.1) is 6.54 Å². The average molecular weight is 431 g/mol. The van der Waals surface area contributed by atoms with Gasteiger partial charge < -0.3 is 4.90 Å². The van der Waals surface area contributed by atoms with Crippen LogP contribution in [-0.4, -0.2) is 34.8 Å². The second-order valence-electron chi connectivity index (χ2n) is 8.23. The van der Waals surface area contributed by atoms with Crippen LogP contribution >= 0.6 is 11.3 Å². The minimum atomic E-state index is 0.109. The zero-order valence-electron chi connectivity index (χ0n) is 18.1. The molecule has 160 valence electrons. The number of nitrogens with zero attached hydrogens (tertiary/aromatic N) is 2. The molecule has 0 radical (unpaired) electrons. The Kier molecular flexibility index (Phi) is 7.34. The standard InChI is InChI=1S/C27H30N2OS/c1-22-16-19-31-26(22)21-29(27(30)13-12-23-8-4-2-5-9-23)25-14-17-28(18-15-25)20-24-10-6-3-7-11-24/h2-13,16,19,25H,14-15,17-18,20-21H2,1H3/b13-12+. The fourth-order valence-corrected chi connectivity index (χ4v) is 5.07. The van der Waals surface area contributed by atoms with E-state index in [1.54, 1.807) is 17.4 Å². The first-order chi connectivity index (χ1) is 15.2. The summed E-state index contributed by atoms with van der Waals surface area (Å²) in [6.45, 7) is 5.87. The smallest absolute Gasteiger partial charge is 0.247 e. The fourth-order valence-electron chi connectivity index (χ4n) is 4.17. The molecule has 0 spiro atoms. The Morgan fingerprint density at radius 3 is 2.35 bits per heavy atom. The lowest BCUT2D eigenvalue weighted by atomic mass is 10.0. The lowest BCUT2D eigenvalue weighted by Gasteiger charge is -2.38. The Balaban J connectivity index is 1.43. The van der Waals surface area contributed by atoms with E-state index in [-0.39, 0.29) is 11.9 Å². The van der Waals surface area contributed by atoms with Crippen LogP contribution in [0.3, 0.4) is 0 Å². The summed E-state index contributed by atoms with van der Waals surface area (Å²) in [7, 11) is 0. The topological polar surface area (TPSA) is 23.6 Å². The second-order valence-corrected chi connectivity index (χ2v) is 9.23. The van der Waals surface area contributed by atoms with Crippen molar-refractivity contribution in [2.24, 2.45) is 0 Å². The molecule has 2 aromatic carbocycles. The maximum atomic E-state index is 13.3. The van der Waals surface area contributed by atoms with E-state index in [4.69, 9.17) is 0 Å². The van der Waals surface area contributed by atoms with E-state index < -0.39 is 0 Å². The van der Waals surface area contributed by atoms with Crippen LogP contribution in [0.2, 0.25) is 0 Å². The quantitative estimate of drug-likeness (QED) is 0.445. The molecule has 1 amide bonds. The molecule has 1 fully saturated rings. The van der Waals surface area contributed by atoms with Crippen molar-refractivity contribution in [3.8, 4) is 0 Å². The molecule has 3 nitrogen and oxygen atoms in total. The molecule has 0 aliphatic carbocycles. The first kappa shape index (κ1) is 21.5. The van der Waals surface area contributed by atoms with Gasteiger partial charge in [-0.25, -0.2) is 0 Å². The Morgan fingerprint density at radius 2 is 1.71 bits per heavy atom. The monoisotopic (exact) mass is 430 g/mol. The predicted octanol–water partition coefficient (Wildman–Crippen LogP) is 5.76.